The van der Waals surface area contributed by atoms with Crippen LogP contribution in [0.2, 0.25) is 0 Å². The quantitative estimate of drug-likeness (QED) is 0.784. The molecule has 1 aromatic heterocycles. The number of ether oxygens (including phenoxy) is 1. The van der Waals surface area contributed by atoms with E-state index >= 15 is 0 Å². The van der Waals surface area contributed by atoms with E-state index in [1.807, 2.05) is 0 Å². The number of carbonyl (C=O) groups is 2. The molecular weight excluding hydrogens is 236 g/mol. The first kappa shape index (κ1) is 14.0. The van der Waals surface area contributed by atoms with Gasteiger partial charge >= 0.3 is 5.97 Å². The second-order valence-electron chi connectivity index (χ2n) is 3.56. The van der Waals surface area contributed by atoms with E-state index in [0.717, 1.165) is 0 Å². The molecule has 1 aromatic rings. The van der Waals surface area contributed by atoms with E-state index in [0.29, 0.717) is 6.54 Å². The van der Waals surface area contributed by atoms with Gasteiger partial charge in [-0.3, -0.25) is 14.6 Å². The summed E-state index contributed by atoms with van der Waals surface area (Å²) in [5.41, 5.74) is 0.237. The third-order valence-corrected chi connectivity index (χ3v) is 2.26. The van der Waals surface area contributed by atoms with Crippen LogP contribution in [-0.2, 0) is 9.53 Å². The number of esters is 1. The Hall–Kier alpha value is -2.11. The van der Waals surface area contributed by atoms with Crippen LogP contribution in [0.4, 0.5) is 0 Å². The summed E-state index contributed by atoms with van der Waals surface area (Å²) in [4.78, 5) is 28.4. The van der Waals surface area contributed by atoms with Gasteiger partial charge in [-0.2, -0.15) is 0 Å². The maximum Gasteiger partial charge on any atom is 0.325 e. The molecule has 0 radical (unpaired) electrons. The van der Waals surface area contributed by atoms with E-state index in [2.05, 4.69) is 4.98 Å². The minimum Gasteiger partial charge on any atom is -0.506 e. The van der Waals surface area contributed by atoms with Crippen LogP contribution in [0, 0.1) is 0 Å². The Morgan fingerprint density at radius 1 is 1.39 bits per heavy atom. The molecule has 0 bridgehead atoms. The zero-order chi connectivity index (χ0) is 13.5. The normalized spacial score (nSPS) is 9.89. The van der Waals surface area contributed by atoms with Crippen molar-refractivity contribution in [2.24, 2.45) is 0 Å². The number of aromatic hydroxyl groups is 1. The van der Waals surface area contributed by atoms with Crippen molar-refractivity contribution in [1.29, 1.82) is 0 Å². The van der Waals surface area contributed by atoms with Gasteiger partial charge in [0.15, 0.2) is 0 Å². The standard InChI is InChI=1S/C12H16N2O4/c1-3-14(8-11(16)18-4-2)12(17)9-5-10(15)7-13-6-9/h5-7,15H,3-4,8H2,1-2H3. The molecule has 0 aliphatic heterocycles. The van der Waals surface area contributed by atoms with E-state index in [1.54, 1.807) is 13.8 Å². The van der Waals surface area contributed by atoms with Crippen molar-refractivity contribution >= 4 is 11.9 Å². The predicted octanol–water partition coefficient (Wildman–Crippen LogP) is 0.812. The fourth-order valence-electron chi connectivity index (χ4n) is 1.42. The molecule has 18 heavy (non-hydrogen) atoms. The van der Waals surface area contributed by atoms with Crippen LogP contribution in [-0.4, -0.2) is 46.6 Å². The summed E-state index contributed by atoms with van der Waals surface area (Å²) >= 11 is 0. The summed E-state index contributed by atoms with van der Waals surface area (Å²) in [6.07, 6.45) is 2.58. The average molecular weight is 252 g/mol. The molecule has 0 saturated heterocycles. The zero-order valence-electron chi connectivity index (χ0n) is 10.4. The third kappa shape index (κ3) is 3.73. The van der Waals surface area contributed by atoms with Gasteiger partial charge in [0.2, 0.25) is 0 Å². The van der Waals surface area contributed by atoms with Gasteiger partial charge in [-0.25, -0.2) is 0 Å². The second kappa shape index (κ2) is 6.58. The first-order chi connectivity index (χ1) is 8.58. The average Bonchev–Trinajstić information content (AvgIpc) is 2.35. The molecule has 1 N–H and O–H groups in total. The van der Waals surface area contributed by atoms with Gasteiger partial charge in [0, 0.05) is 12.7 Å². The van der Waals surface area contributed by atoms with Crippen molar-refractivity contribution in [3.05, 3.63) is 24.0 Å². The molecule has 6 heteroatoms. The minimum atomic E-state index is -0.458. The number of aromatic nitrogens is 1. The van der Waals surface area contributed by atoms with Gasteiger partial charge in [0.1, 0.15) is 12.3 Å². The predicted molar refractivity (Wildman–Crippen MR) is 64.1 cm³/mol. The summed E-state index contributed by atoms with van der Waals surface area (Å²) in [6.45, 7) is 3.99. The van der Waals surface area contributed by atoms with Crippen LogP contribution < -0.4 is 0 Å². The molecule has 1 heterocycles. The van der Waals surface area contributed by atoms with Crippen LogP contribution in [0.1, 0.15) is 24.2 Å². The van der Waals surface area contributed by atoms with Crippen molar-refractivity contribution in [3.63, 3.8) is 0 Å². The van der Waals surface area contributed by atoms with Crippen molar-refractivity contribution in [2.75, 3.05) is 19.7 Å². The van der Waals surface area contributed by atoms with Crippen LogP contribution in [0.3, 0.4) is 0 Å². The molecule has 98 valence electrons. The molecule has 0 fully saturated rings. The Balaban J connectivity index is 2.76. The van der Waals surface area contributed by atoms with Gasteiger partial charge in [-0.05, 0) is 19.9 Å². The molecule has 6 nitrogen and oxygen atoms in total. The molecule has 0 aromatic carbocycles. The minimum absolute atomic E-state index is 0.0898. The lowest BCUT2D eigenvalue weighted by Crippen LogP contribution is -2.36. The van der Waals surface area contributed by atoms with Gasteiger partial charge in [0.05, 0.1) is 18.4 Å². The fraction of sp³-hybridized carbons (Fsp3) is 0.417. The van der Waals surface area contributed by atoms with Crippen LogP contribution in [0.25, 0.3) is 0 Å². The fourth-order valence-corrected chi connectivity index (χ4v) is 1.42. The maximum absolute atomic E-state index is 12.0. The molecule has 0 saturated carbocycles. The Bertz CT molecular complexity index is 434. The highest BCUT2D eigenvalue weighted by Crippen LogP contribution is 2.11. The maximum atomic E-state index is 12.0. The smallest absolute Gasteiger partial charge is 0.325 e. The Labute approximate surface area is 105 Å². The number of hydrogen-bond acceptors (Lipinski definition) is 5. The van der Waals surface area contributed by atoms with Gasteiger partial charge in [0.25, 0.3) is 5.91 Å². The third-order valence-electron chi connectivity index (χ3n) is 2.26. The highest BCUT2D eigenvalue weighted by molar-refractivity contribution is 5.96. The van der Waals surface area contributed by atoms with Gasteiger partial charge < -0.3 is 14.7 Å². The number of rotatable bonds is 5. The summed E-state index contributed by atoms with van der Waals surface area (Å²) in [5.74, 6) is -0.914. The summed E-state index contributed by atoms with van der Waals surface area (Å²) in [5, 5.41) is 9.26. The van der Waals surface area contributed by atoms with Crippen molar-refractivity contribution in [1.82, 2.24) is 9.88 Å². The van der Waals surface area contributed by atoms with E-state index in [1.165, 1.54) is 23.4 Å². The Morgan fingerprint density at radius 2 is 2.11 bits per heavy atom. The van der Waals surface area contributed by atoms with Crippen molar-refractivity contribution < 1.29 is 19.4 Å². The molecular formula is C12H16N2O4. The molecule has 1 amide bonds. The Morgan fingerprint density at radius 3 is 2.67 bits per heavy atom. The van der Waals surface area contributed by atoms with Crippen LogP contribution >= 0.6 is 0 Å². The molecule has 0 atom stereocenters. The van der Waals surface area contributed by atoms with Crippen LogP contribution in [0.5, 0.6) is 5.75 Å². The lowest BCUT2D eigenvalue weighted by atomic mass is 10.2. The van der Waals surface area contributed by atoms with Gasteiger partial charge in [-0.15, -0.1) is 0 Å². The first-order valence-electron chi connectivity index (χ1n) is 5.67. The zero-order valence-corrected chi connectivity index (χ0v) is 10.4. The molecule has 1 rings (SSSR count). The van der Waals surface area contributed by atoms with Crippen molar-refractivity contribution in [2.45, 2.75) is 13.8 Å². The summed E-state index contributed by atoms with van der Waals surface area (Å²) in [6, 6.07) is 1.31. The van der Waals surface area contributed by atoms with Gasteiger partial charge in [-0.1, -0.05) is 0 Å². The largest absolute Gasteiger partial charge is 0.506 e. The topological polar surface area (TPSA) is 79.7 Å². The van der Waals surface area contributed by atoms with E-state index in [-0.39, 0.29) is 30.4 Å². The van der Waals surface area contributed by atoms with E-state index in [9.17, 15) is 14.7 Å². The van der Waals surface area contributed by atoms with Crippen LogP contribution in [0.15, 0.2) is 18.5 Å². The SMILES string of the molecule is CCOC(=O)CN(CC)C(=O)c1cncc(O)c1. The Kier molecular flexibility index (Phi) is 5.10. The monoisotopic (exact) mass is 252 g/mol. The number of likely N-dealkylation sites (N-methyl/N-ethyl adjacent to an activating group) is 1. The first-order valence-corrected chi connectivity index (χ1v) is 5.67. The molecule has 0 aliphatic rings. The summed E-state index contributed by atoms with van der Waals surface area (Å²) in [7, 11) is 0. The van der Waals surface area contributed by atoms with E-state index < -0.39 is 5.97 Å². The number of hydrogen-bond donors (Lipinski definition) is 1. The number of nitrogens with zero attached hydrogens (tertiary/aromatic N) is 2. The molecule has 0 unspecified atom stereocenters. The second-order valence-corrected chi connectivity index (χ2v) is 3.56. The molecule has 0 aliphatic carbocycles. The number of pyridine rings is 1. The number of carbonyl (C=O) groups excluding carboxylic acids is 2. The van der Waals surface area contributed by atoms with Crippen molar-refractivity contribution in [3.8, 4) is 5.75 Å². The van der Waals surface area contributed by atoms with E-state index in [4.69, 9.17) is 4.74 Å². The number of amides is 1. The highest BCUT2D eigenvalue weighted by atomic mass is 16.5. The lowest BCUT2D eigenvalue weighted by Gasteiger charge is -2.19. The summed E-state index contributed by atoms with van der Waals surface area (Å²) < 4.78 is 4.79. The lowest BCUT2D eigenvalue weighted by molar-refractivity contribution is -0.143. The molecule has 0 spiro atoms. The highest BCUT2D eigenvalue weighted by Gasteiger charge is 2.18.